The zero-order valence-corrected chi connectivity index (χ0v) is 18.2. The van der Waals surface area contributed by atoms with E-state index in [2.05, 4.69) is 4.90 Å². The van der Waals surface area contributed by atoms with Crippen LogP contribution in [0.15, 0.2) is 24.3 Å². The molecule has 0 radical (unpaired) electrons. The summed E-state index contributed by atoms with van der Waals surface area (Å²) in [5, 5.41) is 1.07. The number of fused-ring (bicyclic) bond motifs is 1. The summed E-state index contributed by atoms with van der Waals surface area (Å²) in [4.78, 5) is 41.6. The van der Waals surface area contributed by atoms with E-state index in [0.717, 1.165) is 54.3 Å². The van der Waals surface area contributed by atoms with Gasteiger partial charge in [-0.1, -0.05) is 18.2 Å². The number of piperidine rings is 2. The summed E-state index contributed by atoms with van der Waals surface area (Å²) in [6.07, 6.45) is 5.18. The van der Waals surface area contributed by atoms with Crippen molar-refractivity contribution in [1.82, 2.24) is 9.80 Å². The largest absolute Gasteiger partial charge is 0.365 e. The lowest BCUT2D eigenvalue weighted by Gasteiger charge is -2.40. The highest BCUT2D eigenvalue weighted by atomic mass is 32.1. The minimum absolute atomic E-state index is 0.0176. The molecule has 6 nitrogen and oxygen atoms in total. The molecule has 0 spiro atoms. The highest BCUT2D eigenvalue weighted by molar-refractivity contribution is 7.21. The van der Waals surface area contributed by atoms with Crippen LogP contribution >= 0.6 is 11.3 Å². The molecule has 2 fully saturated rings. The number of nitrogens with two attached hydrogens (primary N) is 1. The van der Waals surface area contributed by atoms with Gasteiger partial charge in [0.25, 0.3) is 5.91 Å². The van der Waals surface area contributed by atoms with E-state index in [-0.39, 0.29) is 23.8 Å². The van der Waals surface area contributed by atoms with Gasteiger partial charge in [-0.3, -0.25) is 14.4 Å². The fraction of sp³-hybridized carbons (Fsp3) is 0.522. The summed E-state index contributed by atoms with van der Waals surface area (Å²) < 4.78 is 1.06. The van der Waals surface area contributed by atoms with Crippen LogP contribution in [0.1, 0.15) is 54.3 Å². The average Bonchev–Trinajstić information content (AvgIpc) is 3.12. The number of likely N-dealkylation sites (tertiary alicyclic amines) is 2. The van der Waals surface area contributed by atoms with Crippen LogP contribution in [0, 0.1) is 5.92 Å². The fourth-order valence-corrected chi connectivity index (χ4v) is 6.00. The van der Waals surface area contributed by atoms with Crippen molar-refractivity contribution in [3.63, 3.8) is 0 Å². The van der Waals surface area contributed by atoms with E-state index in [9.17, 15) is 14.4 Å². The fourth-order valence-electron chi connectivity index (χ4n) is 4.91. The zero-order chi connectivity index (χ0) is 21.3. The van der Waals surface area contributed by atoms with Gasteiger partial charge in [-0.15, -0.1) is 11.3 Å². The second kappa shape index (κ2) is 8.76. The lowest BCUT2D eigenvalue weighted by molar-refractivity contribution is -0.143. The van der Waals surface area contributed by atoms with E-state index in [1.54, 1.807) is 6.92 Å². The van der Waals surface area contributed by atoms with Crippen LogP contribution < -0.4 is 5.73 Å². The molecule has 1 aromatic heterocycles. The van der Waals surface area contributed by atoms with Crippen molar-refractivity contribution in [2.24, 2.45) is 11.7 Å². The molecule has 30 heavy (non-hydrogen) atoms. The van der Waals surface area contributed by atoms with Crippen LogP contribution in [0.25, 0.3) is 10.1 Å². The molecule has 2 aliphatic rings. The number of amides is 3. The van der Waals surface area contributed by atoms with Gasteiger partial charge in [0.05, 0.1) is 4.88 Å². The molecule has 0 aliphatic carbocycles. The van der Waals surface area contributed by atoms with Gasteiger partial charge < -0.3 is 15.5 Å². The van der Waals surface area contributed by atoms with Gasteiger partial charge in [-0.2, -0.15) is 0 Å². The number of thiophene rings is 1. The number of nitrogens with zero attached hydrogens (tertiary/aromatic N) is 2. The van der Waals surface area contributed by atoms with Crippen molar-refractivity contribution in [3.05, 3.63) is 34.7 Å². The molecule has 0 saturated carbocycles. The van der Waals surface area contributed by atoms with Crippen molar-refractivity contribution in [1.29, 1.82) is 0 Å². The molecule has 1 atom stereocenters. The quantitative estimate of drug-likeness (QED) is 0.813. The van der Waals surface area contributed by atoms with Crippen molar-refractivity contribution < 1.29 is 14.4 Å². The van der Waals surface area contributed by atoms with Gasteiger partial charge in [-0.25, -0.2) is 0 Å². The summed E-state index contributed by atoms with van der Waals surface area (Å²) in [6.45, 7) is 3.67. The second-order valence-electron chi connectivity index (χ2n) is 8.44. The van der Waals surface area contributed by atoms with Crippen molar-refractivity contribution in [2.75, 3.05) is 19.6 Å². The molecule has 4 rings (SSSR count). The highest BCUT2D eigenvalue weighted by Crippen LogP contribution is 2.34. The molecule has 160 valence electrons. The van der Waals surface area contributed by atoms with E-state index >= 15 is 0 Å². The summed E-state index contributed by atoms with van der Waals surface area (Å²) >= 11 is 1.45. The smallest absolute Gasteiger partial charge is 0.259 e. The van der Waals surface area contributed by atoms with Gasteiger partial charge in [0, 0.05) is 43.2 Å². The Labute approximate surface area is 181 Å². The molecule has 0 unspecified atom stereocenters. The van der Waals surface area contributed by atoms with Crippen LogP contribution in [0.2, 0.25) is 0 Å². The third-order valence-electron chi connectivity index (χ3n) is 6.56. The van der Waals surface area contributed by atoms with Crippen molar-refractivity contribution in [3.8, 4) is 0 Å². The first kappa shape index (κ1) is 20.8. The second-order valence-corrected chi connectivity index (χ2v) is 9.49. The first-order chi connectivity index (χ1) is 14.5. The van der Waals surface area contributed by atoms with Crippen molar-refractivity contribution in [2.45, 2.75) is 51.5 Å². The Kier molecular flexibility index (Phi) is 6.09. The standard InChI is InChI=1S/C23H29N3O3S/c1-15(27)25-12-9-16(10-13-25)23(29)26-11-5-4-6-17(26)14-19-18-7-2-3-8-20(18)30-21(19)22(24)28/h2-3,7-8,16-17H,4-6,9-14H2,1H3,(H2,24,28)/t17-/m0/s1. The number of hydrogen-bond acceptors (Lipinski definition) is 4. The maximum Gasteiger partial charge on any atom is 0.259 e. The molecule has 3 amide bonds. The van der Waals surface area contributed by atoms with Crippen LogP contribution in [-0.2, 0) is 16.0 Å². The predicted molar refractivity (Wildman–Crippen MR) is 118 cm³/mol. The minimum Gasteiger partial charge on any atom is -0.365 e. The zero-order valence-electron chi connectivity index (χ0n) is 17.4. The summed E-state index contributed by atoms with van der Waals surface area (Å²) in [5.74, 6) is -0.115. The lowest BCUT2D eigenvalue weighted by atomic mass is 9.90. The summed E-state index contributed by atoms with van der Waals surface area (Å²) in [6, 6.07) is 8.10. The molecule has 2 N–H and O–H groups in total. The van der Waals surface area contributed by atoms with Gasteiger partial charge in [0.15, 0.2) is 0 Å². The van der Waals surface area contributed by atoms with Gasteiger partial charge in [-0.05, 0) is 55.5 Å². The van der Waals surface area contributed by atoms with E-state index in [1.165, 1.54) is 11.3 Å². The summed E-state index contributed by atoms with van der Waals surface area (Å²) in [5.41, 5.74) is 6.68. The molecule has 2 aliphatic heterocycles. The van der Waals surface area contributed by atoms with E-state index < -0.39 is 5.91 Å². The number of carbonyl (C=O) groups is 3. The third-order valence-corrected chi connectivity index (χ3v) is 7.79. The topological polar surface area (TPSA) is 83.7 Å². The maximum atomic E-state index is 13.4. The summed E-state index contributed by atoms with van der Waals surface area (Å²) in [7, 11) is 0. The van der Waals surface area contributed by atoms with Gasteiger partial charge in [0.2, 0.25) is 11.8 Å². The molecule has 1 aromatic carbocycles. The normalized spacial score (nSPS) is 20.5. The Morgan fingerprint density at radius 3 is 2.50 bits per heavy atom. The van der Waals surface area contributed by atoms with E-state index in [4.69, 9.17) is 5.73 Å². The number of carbonyl (C=O) groups excluding carboxylic acids is 3. The average molecular weight is 428 g/mol. The monoisotopic (exact) mass is 427 g/mol. The lowest BCUT2D eigenvalue weighted by Crippen LogP contribution is -2.50. The molecular weight excluding hydrogens is 398 g/mol. The number of primary amides is 1. The highest BCUT2D eigenvalue weighted by Gasteiger charge is 2.34. The van der Waals surface area contributed by atoms with Crippen LogP contribution in [0.4, 0.5) is 0 Å². The molecule has 3 heterocycles. The minimum atomic E-state index is -0.392. The van der Waals surface area contributed by atoms with E-state index in [0.29, 0.717) is 24.4 Å². The van der Waals surface area contributed by atoms with Crippen molar-refractivity contribution >= 4 is 39.1 Å². The first-order valence-electron chi connectivity index (χ1n) is 10.8. The molecule has 0 bridgehead atoms. The molecular formula is C23H29N3O3S. The van der Waals surface area contributed by atoms with Crippen LogP contribution in [-0.4, -0.2) is 53.2 Å². The Balaban J connectivity index is 1.54. The molecule has 7 heteroatoms. The van der Waals surface area contributed by atoms with Crippen LogP contribution in [0.3, 0.4) is 0 Å². The predicted octanol–water partition coefficient (Wildman–Crippen LogP) is 3.18. The van der Waals surface area contributed by atoms with Gasteiger partial charge >= 0.3 is 0 Å². The first-order valence-corrected chi connectivity index (χ1v) is 11.6. The van der Waals surface area contributed by atoms with Gasteiger partial charge in [0.1, 0.15) is 0 Å². The number of rotatable bonds is 4. The maximum absolute atomic E-state index is 13.4. The van der Waals surface area contributed by atoms with E-state index in [1.807, 2.05) is 29.2 Å². The Hall–Kier alpha value is -2.41. The van der Waals surface area contributed by atoms with Crippen LogP contribution in [0.5, 0.6) is 0 Å². The molecule has 2 saturated heterocycles. The number of hydrogen-bond donors (Lipinski definition) is 1. The number of benzene rings is 1. The molecule has 2 aromatic rings. The Bertz CT molecular complexity index is 962. The Morgan fingerprint density at radius 1 is 1.07 bits per heavy atom. The SMILES string of the molecule is CC(=O)N1CCC(C(=O)N2CCCC[C@H]2Cc2c(C(N)=O)sc3ccccc23)CC1. The third kappa shape index (κ3) is 4.08. The Morgan fingerprint density at radius 2 is 1.80 bits per heavy atom.